The van der Waals surface area contributed by atoms with Crippen LogP contribution in [0.4, 0.5) is 5.69 Å². The summed E-state index contributed by atoms with van der Waals surface area (Å²) in [6.07, 6.45) is 10.7. The topological polar surface area (TPSA) is 81.2 Å². The van der Waals surface area contributed by atoms with Gasteiger partial charge in [-0.15, -0.1) is 0 Å². The van der Waals surface area contributed by atoms with Gasteiger partial charge in [-0.2, -0.15) is 0 Å². The van der Waals surface area contributed by atoms with Gasteiger partial charge >= 0.3 is 0 Å². The van der Waals surface area contributed by atoms with E-state index in [0.717, 1.165) is 0 Å². The molecule has 7 heteroatoms. The summed E-state index contributed by atoms with van der Waals surface area (Å²) in [7, 11) is -3.68. The maximum Gasteiger partial charge on any atom is 0.261 e. The number of sulfonamides is 1. The molecule has 1 aromatic heterocycles. The molecular formula is C22H23N3O3S. The third kappa shape index (κ3) is 4.92. The Kier molecular flexibility index (Phi) is 5.76. The van der Waals surface area contributed by atoms with Gasteiger partial charge in [-0.3, -0.25) is 9.71 Å². The second-order valence-electron chi connectivity index (χ2n) is 7.18. The Morgan fingerprint density at radius 1 is 0.966 bits per heavy atom. The molecule has 6 nitrogen and oxygen atoms in total. The van der Waals surface area contributed by atoms with Gasteiger partial charge in [0.15, 0.2) is 0 Å². The molecule has 0 aliphatic heterocycles. The number of rotatable bonds is 6. The Morgan fingerprint density at radius 3 is 2.48 bits per heavy atom. The van der Waals surface area contributed by atoms with Crippen LogP contribution >= 0.6 is 0 Å². The summed E-state index contributed by atoms with van der Waals surface area (Å²) in [5.74, 6) is 1.35. The predicted octanol–water partition coefficient (Wildman–Crippen LogP) is 5.12. The third-order valence-electron chi connectivity index (χ3n) is 5.12. The van der Waals surface area contributed by atoms with Gasteiger partial charge in [0.25, 0.3) is 10.0 Å². The number of ether oxygens (including phenoxy) is 1. The predicted molar refractivity (Wildman–Crippen MR) is 112 cm³/mol. The Bertz CT molecular complexity index is 1050. The third-order valence-corrected chi connectivity index (χ3v) is 6.51. The van der Waals surface area contributed by atoms with Crippen molar-refractivity contribution < 1.29 is 13.2 Å². The second-order valence-corrected chi connectivity index (χ2v) is 8.87. The smallest absolute Gasteiger partial charge is 0.261 e. The van der Waals surface area contributed by atoms with Gasteiger partial charge < -0.3 is 4.74 Å². The van der Waals surface area contributed by atoms with Crippen LogP contribution in [0.5, 0.6) is 11.6 Å². The molecule has 0 amide bonds. The Hall–Kier alpha value is -2.93. The van der Waals surface area contributed by atoms with Crippen LogP contribution in [-0.2, 0) is 10.0 Å². The molecule has 1 heterocycles. The van der Waals surface area contributed by atoms with Crippen molar-refractivity contribution in [1.82, 2.24) is 9.97 Å². The van der Waals surface area contributed by atoms with Crippen LogP contribution < -0.4 is 9.46 Å². The van der Waals surface area contributed by atoms with Crippen molar-refractivity contribution in [2.24, 2.45) is 0 Å². The highest BCUT2D eigenvalue weighted by Crippen LogP contribution is 2.33. The number of anilines is 1. The highest BCUT2D eigenvalue weighted by atomic mass is 32.2. The maximum absolute atomic E-state index is 12.8. The standard InChI is InChI=1S/C22H23N3O3S/c26-29(27,21-11-9-18(10-12-21)17-5-2-1-3-6-17)25-19-7-4-8-20(15-19)28-22-16-23-13-14-24-22/h4,7-17,25H,1-3,5-6H2. The summed E-state index contributed by atoms with van der Waals surface area (Å²) < 4.78 is 33.8. The zero-order valence-electron chi connectivity index (χ0n) is 16.0. The molecule has 0 saturated heterocycles. The van der Waals surface area contributed by atoms with E-state index < -0.39 is 10.0 Å². The fourth-order valence-corrected chi connectivity index (χ4v) is 4.70. The molecule has 150 valence electrons. The monoisotopic (exact) mass is 409 g/mol. The largest absolute Gasteiger partial charge is 0.437 e. The Balaban J connectivity index is 1.47. The van der Waals surface area contributed by atoms with Crippen LogP contribution in [0.1, 0.15) is 43.6 Å². The molecule has 0 radical (unpaired) electrons. The molecule has 3 aromatic rings. The average Bonchev–Trinajstić information content (AvgIpc) is 2.75. The molecular weight excluding hydrogens is 386 g/mol. The summed E-state index contributed by atoms with van der Waals surface area (Å²) in [6, 6.07) is 14.0. The van der Waals surface area contributed by atoms with Crippen molar-refractivity contribution in [2.75, 3.05) is 4.72 Å². The maximum atomic E-state index is 12.8. The van der Waals surface area contributed by atoms with Crippen molar-refractivity contribution in [3.05, 3.63) is 72.7 Å². The number of nitrogens with one attached hydrogen (secondary N) is 1. The number of hydrogen-bond donors (Lipinski definition) is 1. The van der Waals surface area contributed by atoms with E-state index >= 15 is 0 Å². The number of aromatic nitrogens is 2. The Morgan fingerprint density at radius 2 is 1.76 bits per heavy atom. The van der Waals surface area contributed by atoms with E-state index in [4.69, 9.17) is 4.74 Å². The highest BCUT2D eigenvalue weighted by molar-refractivity contribution is 7.92. The molecule has 1 aliphatic carbocycles. The lowest BCUT2D eigenvalue weighted by Crippen LogP contribution is -2.13. The second kappa shape index (κ2) is 8.61. The molecule has 0 atom stereocenters. The number of benzene rings is 2. The highest BCUT2D eigenvalue weighted by Gasteiger charge is 2.18. The first-order valence-corrected chi connectivity index (χ1v) is 11.3. The first-order valence-electron chi connectivity index (χ1n) is 9.77. The van der Waals surface area contributed by atoms with E-state index in [2.05, 4.69) is 14.7 Å². The van der Waals surface area contributed by atoms with Gasteiger partial charge in [0.05, 0.1) is 16.8 Å². The first-order chi connectivity index (χ1) is 14.1. The molecule has 2 aromatic carbocycles. The van der Waals surface area contributed by atoms with E-state index in [0.29, 0.717) is 23.2 Å². The van der Waals surface area contributed by atoms with Gasteiger partial charge in [-0.1, -0.05) is 37.5 Å². The van der Waals surface area contributed by atoms with Crippen molar-refractivity contribution in [2.45, 2.75) is 42.9 Å². The quantitative estimate of drug-likeness (QED) is 0.611. The zero-order chi connectivity index (χ0) is 20.1. The number of hydrogen-bond acceptors (Lipinski definition) is 5. The molecule has 29 heavy (non-hydrogen) atoms. The van der Waals surface area contributed by atoms with Crippen molar-refractivity contribution in [1.29, 1.82) is 0 Å². The van der Waals surface area contributed by atoms with E-state index in [-0.39, 0.29) is 4.90 Å². The minimum atomic E-state index is -3.68. The lowest BCUT2D eigenvalue weighted by Gasteiger charge is -2.22. The van der Waals surface area contributed by atoms with Crippen LogP contribution in [0.15, 0.2) is 72.0 Å². The van der Waals surface area contributed by atoms with Crippen LogP contribution in [-0.4, -0.2) is 18.4 Å². The lowest BCUT2D eigenvalue weighted by atomic mass is 9.84. The van der Waals surface area contributed by atoms with Gasteiger partial charge in [0, 0.05) is 18.5 Å². The number of nitrogens with zero attached hydrogens (tertiary/aromatic N) is 2. The summed E-state index contributed by atoms with van der Waals surface area (Å²) in [4.78, 5) is 8.24. The van der Waals surface area contributed by atoms with Crippen LogP contribution in [0.25, 0.3) is 0 Å². The van der Waals surface area contributed by atoms with E-state index in [1.807, 2.05) is 12.1 Å². The van der Waals surface area contributed by atoms with E-state index in [1.54, 1.807) is 42.6 Å². The van der Waals surface area contributed by atoms with E-state index in [1.165, 1.54) is 50.1 Å². The average molecular weight is 410 g/mol. The summed E-state index contributed by atoms with van der Waals surface area (Å²) in [6.45, 7) is 0. The Labute approximate surface area is 171 Å². The van der Waals surface area contributed by atoms with Gasteiger partial charge in [0.2, 0.25) is 5.88 Å². The van der Waals surface area contributed by atoms with Gasteiger partial charge in [-0.05, 0) is 48.6 Å². The summed E-state index contributed by atoms with van der Waals surface area (Å²) in [5.41, 5.74) is 1.64. The van der Waals surface area contributed by atoms with Gasteiger partial charge in [-0.25, -0.2) is 13.4 Å². The molecule has 4 rings (SSSR count). The molecule has 1 fully saturated rings. The van der Waals surface area contributed by atoms with Crippen molar-refractivity contribution in [3.63, 3.8) is 0 Å². The molecule has 0 bridgehead atoms. The summed E-state index contributed by atoms with van der Waals surface area (Å²) >= 11 is 0. The molecule has 0 spiro atoms. The minimum absolute atomic E-state index is 0.248. The van der Waals surface area contributed by atoms with Crippen molar-refractivity contribution in [3.8, 4) is 11.6 Å². The molecule has 0 unspecified atom stereocenters. The first kappa shape index (κ1) is 19.4. The fourth-order valence-electron chi connectivity index (χ4n) is 3.65. The molecule has 1 aliphatic rings. The van der Waals surface area contributed by atoms with Crippen molar-refractivity contribution >= 4 is 15.7 Å². The minimum Gasteiger partial charge on any atom is -0.437 e. The van der Waals surface area contributed by atoms with Crippen LogP contribution in [0, 0.1) is 0 Å². The molecule has 1 saturated carbocycles. The lowest BCUT2D eigenvalue weighted by molar-refractivity contribution is 0.443. The SMILES string of the molecule is O=S(=O)(Nc1cccc(Oc2cnccn2)c1)c1ccc(C2CCCCC2)cc1. The molecule has 1 N–H and O–H groups in total. The fraction of sp³-hybridized carbons (Fsp3) is 0.273. The van der Waals surface area contributed by atoms with E-state index in [9.17, 15) is 8.42 Å². The van der Waals surface area contributed by atoms with Gasteiger partial charge in [0.1, 0.15) is 5.75 Å². The summed E-state index contributed by atoms with van der Waals surface area (Å²) in [5, 5.41) is 0. The zero-order valence-corrected chi connectivity index (χ0v) is 16.8. The van der Waals surface area contributed by atoms with Crippen LogP contribution in [0.3, 0.4) is 0 Å². The van der Waals surface area contributed by atoms with Crippen LogP contribution in [0.2, 0.25) is 0 Å². The normalized spacial score (nSPS) is 15.0.